The molecule has 0 amide bonds. The smallest absolute Gasteiger partial charge is 0.268 e. The third-order valence-corrected chi connectivity index (χ3v) is 7.00. The lowest BCUT2D eigenvalue weighted by Crippen LogP contribution is -2.44. The minimum absolute atomic E-state index is 0. The van der Waals surface area contributed by atoms with Crippen molar-refractivity contribution in [2.24, 2.45) is 0 Å². The summed E-state index contributed by atoms with van der Waals surface area (Å²) in [7, 11) is -1.49. The molecule has 0 spiro atoms. The molecule has 1 saturated heterocycles. The molecule has 0 N–H and O–H groups in total. The maximum absolute atomic E-state index is 13.2. The fourth-order valence-corrected chi connectivity index (χ4v) is 5.19. The van der Waals surface area contributed by atoms with Gasteiger partial charge >= 0.3 is 0 Å². The Hall–Kier alpha value is -2.02. The largest absolute Gasteiger partial charge is 0.368 e. The summed E-state index contributed by atoms with van der Waals surface area (Å²) in [6.45, 7) is 5.75. The molecule has 0 unspecified atom stereocenters. The molecule has 144 valence electrons. The van der Waals surface area contributed by atoms with Crippen molar-refractivity contribution in [3.8, 4) is 0 Å². The van der Waals surface area contributed by atoms with Crippen LogP contribution in [0.3, 0.4) is 0 Å². The SMILES string of the molecule is Cc1ccccc1S(=O)(=O)n1ccc2c(N3CCN(C)CC3)cccc21.Cl. The highest BCUT2D eigenvalue weighted by molar-refractivity contribution is 7.90. The lowest BCUT2D eigenvalue weighted by Gasteiger charge is -2.34. The lowest BCUT2D eigenvalue weighted by molar-refractivity contribution is 0.313. The van der Waals surface area contributed by atoms with Gasteiger partial charge in [0.05, 0.1) is 10.4 Å². The van der Waals surface area contributed by atoms with E-state index in [4.69, 9.17) is 0 Å². The van der Waals surface area contributed by atoms with E-state index in [1.807, 2.05) is 37.3 Å². The fourth-order valence-electron chi connectivity index (χ4n) is 3.61. The number of rotatable bonds is 3. The van der Waals surface area contributed by atoms with Gasteiger partial charge in [-0.3, -0.25) is 0 Å². The number of hydrogen-bond donors (Lipinski definition) is 0. The minimum atomic E-state index is -3.62. The monoisotopic (exact) mass is 405 g/mol. The van der Waals surface area contributed by atoms with Crippen LogP contribution < -0.4 is 4.90 Å². The summed E-state index contributed by atoms with van der Waals surface area (Å²) < 4.78 is 27.8. The molecule has 7 heteroatoms. The highest BCUT2D eigenvalue weighted by Crippen LogP contribution is 2.31. The Morgan fingerprint density at radius 2 is 1.59 bits per heavy atom. The number of fused-ring (bicyclic) bond motifs is 1. The van der Waals surface area contributed by atoms with Crippen LogP contribution in [0.1, 0.15) is 5.56 Å². The number of aromatic nitrogens is 1. The average Bonchev–Trinajstić information content (AvgIpc) is 3.07. The summed E-state index contributed by atoms with van der Waals surface area (Å²) in [6.07, 6.45) is 1.67. The maximum atomic E-state index is 13.2. The quantitative estimate of drug-likeness (QED) is 0.670. The number of hydrogen-bond acceptors (Lipinski definition) is 4. The Kier molecular flexibility index (Phi) is 5.51. The Labute approximate surface area is 166 Å². The molecule has 3 aromatic rings. The second kappa shape index (κ2) is 7.54. The molecule has 4 rings (SSSR count). The van der Waals surface area contributed by atoms with Crippen LogP contribution in [0.15, 0.2) is 59.6 Å². The first kappa shape index (κ1) is 19.7. The molecule has 0 atom stereocenters. The van der Waals surface area contributed by atoms with E-state index in [2.05, 4.69) is 22.9 Å². The van der Waals surface area contributed by atoms with Crippen LogP contribution in [-0.4, -0.2) is 50.5 Å². The topological polar surface area (TPSA) is 45.6 Å². The van der Waals surface area contributed by atoms with Gasteiger partial charge in [0, 0.05) is 43.4 Å². The van der Waals surface area contributed by atoms with Crippen molar-refractivity contribution < 1.29 is 8.42 Å². The molecule has 0 bridgehead atoms. The van der Waals surface area contributed by atoms with Crippen molar-refractivity contribution in [3.63, 3.8) is 0 Å². The Balaban J connectivity index is 0.00000210. The fraction of sp³-hybridized carbons (Fsp3) is 0.300. The van der Waals surface area contributed by atoms with Crippen LogP contribution in [0.4, 0.5) is 5.69 Å². The van der Waals surface area contributed by atoms with Gasteiger partial charge in [0.15, 0.2) is 0 Å². The summed E-state index contributed by atoms with van der Waals surface area (Å²) in [5.41, 5.74) is 2.59. The van der Waals surface area contributed by atoms with E-state index in [1.54, 1.807) is 18.3 Å². The van der Waals surface area contributed by atoms with Gasteiger partial charge < -0.3 is 9.80 Å². The van der Waals surface area contributed by atoms with E-state index < -0.39 is 10.0 Å². The maximum Gasteiger partial charge on any atom is 0.268 e. The molecule has 27 heavy (non-hydrogen) atoms. The van der Waals surface area contributed by atoms with E-state index in [9.17, 15) is 8.42 Å². The van der Waals surface area contributed by atoms with Crippen LogP contribution in [0.2, 0.25) is 0 Å². The van der Waals surface area contributed by atoms with Crippen LogP contribution in [0, 0.1) is 6.92 Å². The molecule has 1 fully saturated rings. The summed E-state index contributed by atoms with van der Waals surface area (Å²) in [5, 5.41) is 0.981. The number of likely N-dealkylation sites (N-methyl/N-ethyl adjacent to an activating group) is 1. The predicted octanol–water partition coefficient (Wildman–Crippen LogP) is 3.36. The third-order valence-electron chi connectivity index (χ3n) is 5.15. The molecule has 2 heterocycles. The first-order valence-electron chi connectivity index (χ1n) is 8.83. The van der Waals surface area contributed by atoms with Crippen LogP contribution in [0.5, 0.6) is 0 Å². The zero-order chi connectivity index (χ0) is 18.3. The second-order valence-corrected chi connectivity index (χ2v) is 8.67. The van der Waals surface area contributed by atoms with E-state index in [0.717, 1.165) is 48.3 Å². The highest BCUT2D eigenvalue weighted by Gasteiger charge is 2.23. The van der Waals surface area contributed by atoms with Gasteiger partial charge in [-0.2, -0.15) is 0 Å². The average molecular weight is 406 g/mol. The Morgan fingerprint density at radius 3 is 2.30 bits per heavy atom. The second-order valence-electron chi connectivity index (χ2n) is 6.88. The summed E-state index contributed by atoms with van der Waals surface area (Å²) >= 11 is 0. The first-order chi connectivity index (χ1) is 12.5. The molecule has 1 aliphatic rings. The molecule has 1 aliphatic heterocycles. The van der Waals surface area contributed by atoms with Crippen molar-refractivity contribution >= 4 is 39.0 Å². The van der Waals surface area contributed by atoms with Crippen molar-refractivity contribution in [2.45, 2.75) is 11.8 Å². The van der Waals surface area contributed by atoms with E-state index in [0.29, 0.717) is 4.90 Å². The molecular weight excluding hydrogens is 382 g/mol. The van der Waals surface area contributed by atoms with Crippen LogP contribution >= 0.6 is 12.4 Å². The summed E-state index contributed by atoms with van der Waals surface area (Å²) in [4.78, 5) is 5.00. The first-order valence-corrected chi connectivity index (χ1v) is 10.3. The van der Waals surface area contributed by atoms with E-state index in [-0.39, 0.29) is 12.4 Å². The Morgan fingerprint density at radius 1 is 0.889 bits per heavy atom. The van der Waals surface area contributed by atoms with Crippen LogP contribution in [0.25, 0.3) is 10.9 Å². The minimum Gasteiger partial charge on any atom is -0.368 e. The van der Waals surface area contributed by atoms with Crippen molar-refractivity contribution in [1.82, 2.24) is 8.87 Å². The normalized spacial score (nSPS) is 15.7. The van der Waals surface area contributed by atoms with E-state index in [1.165, 1.54) is 3.97 Å². The van der Waals surface area contributed by atoms with Gasteiger partial charge in [0.25, 0.3) is 10.0 Å². The van der Waals surface area contributed by atoms with Gasteiger partial charge in [0.2, 0.25) is 0 Å². The number of halogens is 1. The number of nitrogens with zero attached hydrogens (tertiary/aromatic N) is 3. The van der Waals surface area contributed by atoms with Gasteiger partial charge in [-0.25, -0.2) is 12.4 Å². The Bertz CT molecular complexity index is 1050. The molecule has 1 aromatic heterocycles. The number of benzene rings is 2. The third kappa shape index (κ3) is 3.45. The number of aryl methyl sites for hydroxylation is 1. The summed E-state index contributed by atoms with van der Waals surface area (Å²) in [5.74, 6) is 0. The van der Waals surface area contributed by atoms with Gasteiger partial charge in [-0.15, -0.1) is 12.4 Å². The molecule has 5 nitrogen and oxygen atoms in total. The summed E-state index contributed by atoms with van der Waals surface area (Å²) in [6, 6.07) is 14.9. The zero-order valence-electron chi connectivity index (χ0n) is 15.5. The van der Waals surface area contributed by atoms with Crippen molar-refractivity contribution in [2.75, 3.05) is 38.1 Å². The zero-order valence-corrected chi connectivity index (χ0v) is 17.1. The molecular formula is C20H24ClN3O2S. The predicted molar refractivity (Wildman–Crippen MR) is 113 cm³/mol. The van der Waals surface area contributed by atoms with E-state index >= 15 is 0 Å². The molecule has 0 saturated carbocycles. The lowest BCUT2D eigenvalue weighted by atomic mass is 10.2. The number of piperazine rings is 1. The molecule has 0 aliphatic carbocycles. The van der Waals surface area contributed by atoms with Gasteiger partial charge in [-0.05, 0) is 43.8 Å². The number of anilines is 1. The van der Waals surface area contributed by atoms with Crippen molar-refractivity contribution in [3.05, 3.63) is 60.3 Å². The highest BCUT2D eigenvalue weighted by atomic mass is 35.5. The van der Waals surface area contributed by atoms with Crippen LogP contribution in [-0.2, 0) is 10.0 Å². The van der Waals surface area contributed by atoms with Gasteiger partial charge in [-0.1, -0.05) is 24.3 Å². The van der Waals surface area contributed by atoms with Crippen molar-refractivity contribution in [1.29, 1.82) is 0 Å². The molecule has 2 aromatic carbocycles. The molecule has 0 radical (unpaired) electrons. The van der Waals surface area contributed by atoms with Gasteiger partial charge in [0.1, 0.15) is 0 Å². The standard InChI is InChI=1S/C20H23N3O2S.ClH/c1-16-6-3-4-9-20(16)26(24,25)23-11-10-17-18(7-5-8-19(17)23)22-14-12-21(2)13-15-22;/h3-11H,12-15H2,1-2H3;1H.